The molecule has 0 unspecified atom stereocenters. The van der Waals surface area contributed by atoms with Crippen molar-refractivity contribution in [1.82, 2.24) is 14.7 Å². The smallest absolute Gasteiger partial charge is 0.263 e. The first-order valence-corrected chi connectivity index (χ1v) is 8.19. The second kappa shape index (κ2) is 5.87. The lowest BCUT2D eigenvalue weighted by molar-refractivity contribution is 0.393. The topological polar surface area (TPSA) is 60.9 Å². The van der Waals surface area contributed by atoms with Crippen LogP contribution in [0.25, 0.3) is 10.2 Å². The number of nitrogens with zero attached hydrogens (tertiary/aromatic N) is 3. The van der Waals surface area contributed by atoms with Crippen LogP contribution in [-0.4, -0.2) is 14.7 Å². The van der Waals surface area contributed by atoms with Crippen LogP contribution in [0.3, 0.4) is 0 Å². The molecule has 0 radical (unpaired) electrons. The molecule has 21 heavy (non-hydrogen) atoms. The minimum Gasteiger partial charge on any atom is -0.361 e. The van der Waals surface area contributed by atoms with Gasteiger partial charge in [-0.3, -0.25) is 9.36 Å². The van der Waals surface area contributed by atoms with Crippen LogP contribution in [0.2, 0.25) is 0 Å². The van der Waals surface area contributed by atoms with Gasteiger partial charge in [0.05, 0.1) is 11.1 Å². The number of thiophene rings is 1. The second-order valence-corrected chi connectivity index (χ2v) is 6.29. The van der Waals surface area contributed by atoms with Crippen LogP contribution in [-0.2, 0) is 12.3 Å². The Morgan fingerprint density at radius 2 is 2.43 bits per heavy atom. The number of aryl methyl sites for hydroxylation is 1. The highest BCUT2D eigenvalue weighted by molar-refractivity contribution is 7.98. The molecule has 3 aromatic rings. The van der Waals surface area contributed by atoms with E-state index in [4.69, 9.17) is 4.52 Å². The third kappa shape index (κ3) is 2.79. The van der Waals surface area contributed by atoms with E-state index in [1.807, 2.05) is 24.4 Å². The number of hydrogen-bond donors (Lipinski definition) is 0. The van der Waals surface area contributed by atoms with Crippen molar-refractivity contribution in [2.45, 2.75) is 24.4 Å². The van der Waals surface area contributed by atoms with E-state index in [0.29, 0.717) is 22.8 Å². The summed E-state index contributed by atoms with van der Waals surface area (Å²) in [7, 11) is 0. The third-order valence-electron chi connectivity index (χ3n) is 2.89. The molecule has 3 aromatic heterocycles. The van der Waals surface area contributed by atoms with Gasteiger partial charge in [0.15, 0.2) is 5.16 Å². The summed E-state index contributed by atoms with van der Waals surface area (Å²) in [6.45, 7) is 6.00. The lowest BCUT2D eigenvalue weighted by atomic mass is 10.4. The molecule has 0 fully saturated rings. The van der Waals surface area contributed by atoms with Crippen molar-refractivity contribution in [2.24, 2.45) is 0 Å². The summed E-state index contributed by atoms with van der Waals surface area (Å²) in [6, 6.07) is 3.69. The molecule has 3 heterocycles. The first-order valence-electron chi connectivity index (χ1n) is 6.33. The Bertz CT molecular complexity index is 847. The molecule has 0 aliphatic rings. The Hall–Kier alpha value is -1.86. The summed E-state index contributed by atoms with van der Waals surface area (Å²) in [5, 5.41) is 7.17. The summed E-state index contributed by atoms with van der Waals surface area (Å²) in [5.41, 5.74) is 0.808. The predicted molar refractivity (Wildman–Crippen MR) is 84.9 cm³/mol. The van der Waals surface area contributed by atoms with E-state index in [2.05, 4.69) is 16.7 Å². The number of aromatic nitrogens is 3. The minimum atomic E-state index is -0.0278. The molecule has 0 aliphatic heterocycles. The van der Waals surface area contributed by atoms with Gasteiger partial charge in [0.2, 0.25) is 0 Å². The van der Waals surface area contributed by atoms with Gasteiger partial charge in [-0.1, -0.05) is 23.0 Å². The Labute approximate surface area is 129 Å². The maximum atomic E-state index is 12.5. The van der Waals surface area contributed by atoms with E-state index in [-0.39, 0.29) is 5.56 Å². The van der Waals surface area contributed by atoms with Crippen LogP contribution in [0, 0.1) is 6.92 Å². The van der Waals surface area contributed by atoms with Crippen molar-refractivity contribution >= 4 is 33.3 Å². The zero-order valence-electron chi connectivity index (χ0n) is 11.4. The maximum Gasteiger partial charge on any atom is 0.263 e. The standard InChI is InChI=1S/C14H13N3O2S2/c1-3-5-17-13(18)11-4-6-20-12(11)15-14(17)21-8-10-7-9(2)19-16-10/h3-4,6-7H,1,5,8H2,2H3. The normalized spacial score (nSPS) is 11.1. The van der Waals surface area contributed by atoms with Crippen molar-refractivity contribution in [3.05, 3.63) is 52.0 Å². The zero-order valence-corrected chi connectivity index (χ0v) is 13.0. The second-order valence-electron chi connectivity index (χ2n) is 4.46. The van der Waals surface area contributed by atoms with Crippen LogP contribution < -0.4 is 5.56 Å². The van der Waals surface area contributed by atoms with Crippen LogP contribution in [0.4, 0.5) is 0 Å². The van der Waals surface area contributed by atoms with Crippen LogP contribution in [0.15, 0.2) is 44.6 Å². The molecule has 108 valence electrons. The number of fused-ring (bicyclic) bond motifs is 1. The highest BCUT2D eigenvalue weighted by atomic mass is 32.2. The molecule has 0 aliphatic carbocycles. The molecule has 0 atom stereocenters. The average Bonchev–Trinajstić information content (AvgIpc) is 3.09. The van der Waals surface area contributed by atoms with Gasteiger partial charge in [0.25, 0.3) is 5.56 Å². The van der Waals surface area contributed by atoms with E-state index < -0.39 is 0 Å². The van der Waals surface area contributed by atoms with Gasteiger partial charge >= 0.3 is 0 Å². The van der Waals surface area contributed by atoms with E-state index in [9.17, 15) is 4.79 Å². The fourth-order valence-electron chi connectivity index (χ4n) is 1.95. The molecule has 0 bridgehead atoms. The summed E-state index contributed by atoms with van der Waals surface area (Å²) in [4.78, 5) is 17.8. The van der Waals surface area contributed by atoms with Crippen molar-refractivity contribution in [1.29, 1.82) is 0 Å². The SMILES string of the molecule is C=CCn1c(SCc2cc(C)on2)nc2sccc2c1=O. The highest BCUT2D eigenvalue weighted by Gasteiger charge is 2.12. The van der Waals surface area contributed by atoms with E-state index in [0.717, 1.165) is 16.3 Å². The lowest BCUT2D eigenvalue weighted by Gasteiger charge is -2.08. The molecule has 0 aromatic carbocycles. The van der Waals surface area contributed by atoms with E-state index in [1.54, 1.807) is 10.6 Å². The Balaban J connectivity index is 1.97. The predicted octanol–water partition coefficient (Wildman–Crippen LogP) is 3.23. The van der Waals surface area contributed by atoms with Gasteiger partial charge in [-0.05, 0) is 18.4 Å². The van der Waals surface area contributed by atoms with Gasteiger partial charge in [-0.25, -0.2) is 4.98 Å². The number of rotatable bonds is 5. The molecule has 0 spiro atoms. The zero-order chi connectivity index (χ0) is 14.8. The van der Waals surface area contributed by atoms with E-state index in [1.165, 1.54) is 23.1 Å². The average molecular weight is 319 g/mol. The molecule has 0 saturated heterocycles. The van der Waals surface area contributed by atoms with Crippen molar-refractivity contribution in [3.8, 4) is 0 Å². The molecular formula is C14H13N3O2S2. The van der Waals surface area contributed by atoms with Gasteiger partial charge in [-0.15, -0.1) is 17.9 Å². The molecule has 3 rings (SSSR count). The number of allylic oxidation sites excluding steroid dienone is 1. The largest absolute Gasteiger partial charge is 0.361 e. The molecule has 0 saturated carbocycles. The highest BCUT2D eigenvalue weighted by Crippen LogP contribution is 2.24. The number of hydrogen-bond acceptors (Lipinski definition) is 6. The Kier molecular flexibility index (Phi) is 3.94. The quantitative estimate of drug-likeness (QED) is 0.410. The summed E-state index contributed by atoms with van der Waals surface area (Å²) < 4.78 is 6.68. The summed E-state index contributed by atoms with van der Waals surface area (Å²) in [5.74, 6) is 1.38. The van der Waals surface area contributed by atoms with Crippen LogP contribution in [0.1, 0.15) is 11.5 Å². The first kappa shape index (κ1) is 14.1. The van der Waals surface area contributed by atoms with Crippen molar-refractivity contribution in [3.63, 3.8) is 0 Å². The van der Waals surface area contributed by atoms with Gasteiger partial charge in [-0.2, -0.15) is 0 Å². The lowest BCUT2D eigenvalue weighted by Crippen LogP contribution is -2.22. The Morgan fingerprint density at radius 1 is 1.57 bits per heavy atom. The first-order chi connectivity index (χ1) is 10.2. The van der Waals surface area contributed by atoms with E-state index >= 15 is 0 Å². The third-order valence-corrected chi connectivity index (χ3v) is 4.70. The van der Waals surface area contributed by atoms with Crippen molar-refractivity contribution in [2.75, 3.05) is 0 Å². The van der Waals surface area contributed by atoms with Gasteiger partial charge in [0, 0.05) is 18.4 Å². The number of thioether (sulfide) groups is 1. The molecule has 0 N–H and O–H groups in total. The van der Waals surface area contributed by atoms with Crippen molar-refractivity contribution < 1.29 is 4.52 Å². The van der Waals surface area contributed by atoms with Crippen LogP contribution >= 0.6 is 23.1 Å². The van der Waals surface area contributed by atoms with Crippen LogP contribution in [0.5, 0.6) is 0 Å². The summed E-state index contributed by atoms with van der Waals surface area (Å²) >= 11 is 2.94. The molecule has 7 heteroatoms. The summed E-state index contributed by atoms with van der Waals surface area (Å²) in [6.07, 6.45) is 1.70. The fraction of sp³-hybridized carbons (Fsp3) is 0.214. The van der Waals surface area contributed by atoms with Gasteiger partial charge < -0.3 is 4.52 Å². The molecular weight excluding hydrogens is 306 g/mol. The minimum absolute atomic E-state index is 0.0278. The fourth-order valence-corrected chi connectivity index (χ4v) is 3.65. The van der Waals surface area contributed by atoms with Gasteiger partial charge in [0.1, 0.15) is 10.6 Å². The monoisotopic (exact) mass is 319 g/mol. The molecule has 0 amide bonds. The maximum absolute atomic E-state index is 12.5. The Morgan fingerprint density at radius 3 is 3.14 bits per heavy atom. The molecule has 5 nitrogen and oxygen atoms in total.